The third-order valence-corrected chi connectivity index (χ3v) is 4.35. The van der Waals surface area contributed by atoms with Gasteiger partial charge in [0.05, 0.1) is 19.3 Å². The summed E-state index contributed by atoms with van der Waals surface area (Å²) >= 11 is 0. The third kappa shape index (κ3) is 5.22. The van der Waals surface area contributed by atoms with Gasteiger partial charge in [0.2, 0.25) is 5.91 Å². The Bertz CT molecular complexity index is 513. The predicted molar refractivity (Wildman–Crippen MR) is 93.9 cm³/mol. The van der Waals surface area contributed by atoms with E-state index in [2.05, 4.69) is 29.4 Å². The van der Waals surface area contributed by atoms with Gasteiger partial charge in [-0.25, -0.2) is 0 Å². The van der Waals surface area contributed by atoms with Crippen LogP contribution < -0.4 is 15.4 Å². The minimum Gasteiger partial charge on any atom is -0.495 e. The molecule has 1 heterocycles. The first kappa shape index (κ1) is 17.8. The number of rotatable bonds is 8. The maximum Gasteiger partial charge on any atom is 0.238 e. The van der Waals surface area contributed by atoms with Gasteiger partial charge in [-0.05, 0) is 43.5 Å². The van der Waals surface area contributed by atoms with Crippen molar-refractivity contribution in [2.75, 3.05) is 45.2 Å². The number of carbonyl (C=O) groups is 1. The van der Waals surface area contributed by atoms with Crippen molar-refractivity contribution in [3.63, 3.8) is 0 Å². The van der Waals surface area contributed by atoms with Crippen molar-refractivity contribution < 1.29 is 9.53 Å². The summed E-state index contributed by atoms with van der Waals surface area (Å²) in [5, 5.41) is 6.39. The van der Waals surface area contributed by atoms with E-state index in [0.29, 0.717) is 12.3 Å². The zero-order chi connectivity index (χ0) is 16.7. The molecule has 5 heteroatoms. The first-order chi connectivity index (χ1) is 11.1. The predicted octanol–water partition coefficient (Wildman–Crippen LogP) is 2.35. The molecule has 23 heavy (non-hydrogen) atoms. The fraction of sp³-hybridized carbons (Fsp3) is 0.611. The molecule has 128 valence electrons. The van der Waals surface area contributed by atoms with Crippen LogP contribution in [0.5, 0.6) is 5.75 Å². The van der Waals surface area contributed by atoms with Gasteiger partial charge < -0.3 is 15.4 Å². The van der Waals surface area contributed by atoms with Crippen LogP contribution in [-0.4, -0.2) is 50.6 Å². The minimum absolute atomic E-state index is 0.0116. The molecular formula is C18H29N3O2. The lowest BCUT2D eigenvalue weighted by Gasteiger charge is -2.31. The van der Waals surface area contributed by atoms with Crippen LogP contribution in [0.1, 0.15) is 26.7 Å². The zero-order valence-electron chi connectivity index (χ0n) is 14.5. The number of amides is 1. The Morgan fingerprint density at radius 2 is 2.22 bits per heavy atom. The Hall–Kier alpha value is -1.59. The number of hydrogen-bond donors (Lipinski definition) is 2. The molecule has 1 aromatic carbocycles. The highest BCUT2D eigenvalue weighted by atomic mass is 16.5. The highest BCUT2D eigenvalue weighted by Crippen LogP contribution is 2.26. The van der Waals surface area contributed by atoms with Crippen molar-refractivity contribution in [1.29, 1.82) is 0 Å². The van der Waals surface area contributed by atoms with Gasteiger partial charge in [0.15, 0.2) is 0 Å². The van der Waals surface area contributed by atoms with Gasteiger partial charge >= 0.3 is 0 Å². The molecule has 1 fully saturated rings. The van der Waals surface area contributed by atoms with Crippen molar-refractivity contribution in [3.05, 3.63) is 24.3 Å². The molecule has 0 saturated carbocycles. The Morgan fingerprint density at radius 3 is 2.87 bits per heavy atom. The molecule has 0 bridgehead atoms. The average molecular weight is 319 g/mol. The van der Waals surface area contributed by atoms with E-state index in [1.165, 1.54) is 6.42 Å². The molecule has 2 rings (SSSR count). The van der Waals surface area contributed by atoms with Gasteiger partial charge in [-0.15, -0.1) is 0 Å². The quantitative estimate of drug-likeness (QED) is 0.772. The summed E-state index contributed by atoms with van der Waals surface area (Å²) in [6.07, 6.45) is 2.22. The summed E-state index contributed by atoms with van der Waals surface area (Å²) in [6.45, 7) is 8.86. The number of nitrogens with zero attached hydrogens (tertiary/aromatic N) is 1. The van der Waals surface area contributed by atoms with Gasteiger partial charge in [0.1, 0.15) is 5.75 Å². The fourth-order valence-electron chi connectivity index (χ4n) is 3.21. The highest BCUT2D eigenvalue weighted by molar-refractivity contribution is 5.93. The third-order valence-electron chi connectivity index (χ3n) is 4.35. The monoisotopic (exact) mass is 319 g/mol. The molecule has 0 aromatic heterocycles. The molecule has 1 aliphatic heterocycles. The van der Waals surface area contributed by atoms with Crippen LogP contribution in [-0.2, 0) is 4.79 Å². The number of hydrogen-bond acceptors (Lipinski definition) is 4. The SMILES string of the molecule is CCCN(CC(=O)Nc1ccccc1OC)CC1(C)CCNC1. The van der Waals surface area contributed by atoms with Crippen LogP contribution in [0, 0.1) is 5.41 Å². The molecule has 1 aliphatic rings. The second kappa shape index (κ2) is 8.31. The van der Waals surface area contributed by atoms with Crippen LogP contribution in [0.25, 0.3) is 0 Å². The van der Waals surface area contributed by atoms with Gasteiger partial charge in [0.25, 0.3) is 0 Å². The number of benzene rings is 1. The van der Waals surface area contributed by atoms with E-state index in [1.807, 2.05) is 24.3 Å². The topological polar surface area (TPSA) is 53.6 Å². The van der Waals surface area contributed by atoms with E-state index in [1.54, 1.807) is 7.11 Å². The lowest BCUT2D eigenvalue weighted by molar-refractivity contribution is -0.117. The highest BCUT2D eigenvalue weighted by Gasteiger charge is 2.31. The molecule has 1 unspecified atom stereocenters. The average Bonchev–Trinajstić information content (AvgIpc) is 2.94. The summed E-state index contributed by atoms with van der Waals surface area (Å²) < 4.78 is 5.29. The summed E-state index contributed by atoms with van der Waals surface area (Å²) in [7, 11) is 1.61. The van der Waals surface area contributed by atoms with Crippen molar-refractivity contribution in [2.24, 2.45) is 5.41 Å². The number of para-hydroxylation sites is 2. The van der Waals surface area contributed by atoms with E-state index in [4.69, 9.17) is 4.74 Å². The van der Waals surface area contributed by atoms with Crippen LogP contribution in [0.2, 0.25) is 0 Å². The summed E-state index contributed by atoms with van der Waals surface area (Å²) in [6, 6.07) is 7.51. The molecule has 2 N–H and O–H groups in total. The number of carbonyl (C=O) groups excluding carboxylic acids is 1. The van der Waals surface area contributed by atoms with E-state index in [-0.39, 0.29) is 11.3 Å². The smallest absolute Gasteiger partial charge is 0.238 e. The number of methoxy groups -OCH3 is 1. The number of ether oxygens (including phenoxy) is 1. The van der Waals surface area contributed by atoms with Gasteiger partial charge in [-0.2, -0.15) is 0 Å². The molecule has 0 spiro atoms. The standard InChI is InChI=1S/C18H29N3O2/c1-4-11-21(14-18(2)9-10-19-13-18)12-17(22)20-15-7-5-6-8-16(15)23-3/h5-8,19H,4,9-14H2,1-3H3,(H,20,22). The second-order valence-corrected chi connectivity index (χ2v) is 6.70. The Balaban J connectivity index is 1.94. The Kier molecular flexibility index (Phi) is 6.42. The molecule has 1 aromatic rings. The minimum atomic E-state index is 0.0116. The first-order valence-electron chi connectivity index (χ1n) is 8.42. The van der Waals surface area contributed by atoms with E-state index in [9.17, 15) is 4.79 Å². The van der Waals surface area contributed by atoms with Crippen LogP contribution in [0.3, 0.4) is 0 Å². The molecule has 0 aliphatic carbocycles. The fourth-order valence-corrected chi connectivity index (χ4v) is 3.21. The molecule has 5 nitrogen and oxygen atoms in total. The van der Waals surface area contributed by atoms with Crippen LogP contribution >= 0.6 is 0 Å². The van der Waals surface area contributed by atoms with E-state index < -0.39 is 0 Å². The van der Waals surface area contributed by atoms with Crippen molar-refractivity contribution >= 4 is 11.6 Å². The molecule has 1 amide bonds. The van der Waals surface area contributed by atoms with Gasteiger partial charge in [-0.1, -0.05) is 26.0 Å². The van der Waals surface area contributed by atoms with Crippen molar-refractivity contribution in [1.82, 2.24) is 10.2 Å². The lowest BCUT2D eigenvalue weighted by Crippen LogP contribution is -2.41. The van der Waals surface area contributed by atoms with Crippen molar-refractivity contribution in [2.45, 2.75) is 26.7 Å². The van der Waals surface area contributed by atoms with Crippen LogP contribution in [0.15, 0.2) is 24.3 Å². The summed E-state index contributed by atoms with van der Waals surface area (Å²) in [5.41, 5.74) is 0.991. The molecule has 0 radical (unpaired) electrons. The zero-order valence-corrected chi connectivity index (χ0v) is 14.5. The summed E-state index contributed by atoms with van der Waals surface area (Å²) in [4.78, 5) is 14.7. The molecular weight excluding hydrogens is 290 g/mol. The second-order valence-electron chi connectivity index (χ2n) is 6.70. The van der Waals surface area contributed by atoms with Crippen molar-refractivity contribution in [3.8, 4) is 5.75 Å². The summed E-state index contributed by atoms with van der Waals surface area (Å²) in [5.74, 6) is 0.701. The number of nitrogens with one attached hydrogen (secondary N) is 2. The van der Waals surface area contributed by atoms with Crippen LogP contribution in [0.4, 0.5) is 5.69 Å². The molecule has 1 atom stereocenters. The van der Waals surface area contributed by atoms with Gasteiger partial charge in [0, 0.05) is 13.1 Å². The van der Waals surface area contributed by atoms with E-state index in [0.717, 1.165) is 38.3 Å². The number of anilines is 1. The van der Waals surface area contributed by atoms with E-state index >= 15 is 0 Å². The molecule has 1 saturated heterocycles. The Morgan fingerprint density at radius 1 is 1.43 bits per heavy atom. The normalized spacial score (nSPS) is 20.7. The first-order valence-corrected chi connectivity index (χ1v) is 8.42. The maximum atomic E-state index is 12.4. The maximum absolute atomic E-state index is 12.4. The van der Waals surface area contributed by atoms with Gasteiger partial charge in [-0.3, -0.25) is 9.69 Å². The lowest BCUT2D eigenvalue weighted by atomic mass is 9.89. The largest absolute Gasteiger partial charge is 0.495 e. The Labute approximate surface area is 139 Å².